The molecule has 172 valence electrons. The van der Waals surface area contributed by atoms with Crippen molar-refractivity contribution in [2.75, 3.05) is 13.1 Å². The van der Waals surface area contributed by atoms with E-state index in [1.165, 1.54) is 0 Å². The van der Waals surface area contributed by atoms with Crippen molar-refractivity contribution in [3.63, 3.8) is 0 Å². The molecule has 9 heteroatoms. The van der Waals surface area contributed by atoms with Crippen molar-refractivity contribution in [3.8, 4) is 0 Å². The highest BCUT2D eigenvalue weighted by Crippen LogP contribution is 2.20. The molecule has 0 spiro atoms. The van der Waals surface area contributed by atoms with Crippen LogP contribution < -0.4 is 10.6 Å². The quantitative estimate of drug-likeness (QED) is 0.571. The van der Waals surface area contributed by atoms with Crippen LogP contribution in [0.2, 0.25) is 0 Å². The molecule has 0 aromatic carbocycles. The normalized spacial score (nSPS) is 17.4. The van der Waals surface area contributed by atoms with E-state index in [0.29, 0.717) is 25.9 Å². The zero-order chi connectivity index (χ0) is 23.2. The molecule has 0 bridgehead atoms. The molecule has 1 fully saturated rings. The summed E-state index contributed by atoms with van der Waals surface area (Å²) in [4.78, 5) is 50.5. The van der Waals surface area contributed by atoms with Gasteiger partial charge in [-0.2, -0.15) is 0 Å². The Bertz CT molecular complexity index is 633. The molecule has 0 radical (unpaired) electrons. The summed E-state index contributed by atoms with van der Waals surface area (Å²) in [6.07, 6.45) is 0.246. The molecule has 9 nitrogen and oxygen atoms in total. The van der Waals surface area contributed by atoms with Crippen LogP contribution in [0.15, 0.2) is 0 Å². The van der Waals surface area contributed by atoms with Gasteiger partial charge in [0.15, 0.2) is 0 Å². The van der Waals surface area contributed by atoms with Crippen LogP contribution in [-0.4, -0.2) is 64.7 Å². The standard InChI is InChI=1S/C21H37N3O6/c1-12(2)15(23-20(29)30-21(5,6)7)18(26)24-10-8-14(9-11-24)17(25)22-16(13(3)4)19(27)28/h12-16H,8-11H2,1-7H3,(H,22,25)(H,23,29)(H,27,28)/t15-,16-/m0/s1. The fourth-order valence-corrected chi connectivity index (χ4v) is 3.29. The van der Waals surface area contributed by atoms with Crippen LogP contribution in [-0.2, 0) is 19.1 Å². The van der Waals surface area contributed by atoms with E-state index >= 15 is 0 Å². The third kappa shape index (κ3) is 7.84. The summed E-state index contributed by atoms with van der Waals surface area (Å²) in [5.74, 6) is -2.26. The lowest BCUT2D eigenvalue weighted by Gasteiger charge is -2.35. The SMILES string of the molecule is CC(C)[C@H](NC(=O)C1CCN(C(=O)[C@@H](NC(=O)OC(C)(C)C)C(C)C)CC1)C(=O)O. The highest BCUT2D eigenvalue weighted by Gasteiger charge is 2.35. The van der Waals surface area contributed by atoms with E-state index in [0.717, 1.165) is 0 Å². The maximum absolute atomic E-state index is 13.0. The van der Waals surface area contributed by atoms with Crippen LogP contribution in [0.25, 0.3) is 0 Å². The summed E-state index contributed by atoms with van der Waals surface area (Å²) in [6, 6.07) is -1.65. The Labute approximate surface area is 178 Å². The van der Waals surface area contributed by atoms with Crippen LogP contribution in [0.4, 0.5) is 4.79 Å². The first-order chi connectivity index (χ1) is 13.7. The fraction of sp³-hybridized carbons (Fsp3) is 0.810. The number of carboxylic acid groups (broad SMARTS) is 1. The molecule has 0 aromatic heterocycles. The van der Waals surface area contributed by atoms with Gasteiger partial charge in [0.05, 0.1) is 0 Å². The molecule has 1 saturated heterocycles. The van der Waals surface area contributed by atoms with E-state index in [9.17, 15) is 24.3 Å². The number of nitrogens with one attached hydrogen (secondary N) is 2. The fourth-order valence-electron chi connectivity index (χ4n) is 3.29. The number of carbonyl (C=O) groups excluding carboxylic acids is 3. The molecular weight excluding hydrogens is 390 g/mol. The number of alkyl carbamates (subject to hydrolysis) is 1. The minimum absolute atomic E-state index is 0.131. The Balaban J connectivity index is 2.67. The Kier molecular flexibility index (Phi) is 9.11. The Hall–Kier alpha value is -2.32. The average Bonchev–Trinajstić information content (AvgIpc) is 2.61. The Morgan fingerprint density at radius 2 is 1.43 bits per heavy atom. The van der Waals surface area contributed by atoms with E-state index in [1.807, 2.05) is 13.8 Å². The van der Waals surface area contributed by atoms with Crippen molar-refractivity contribution in [2.45, 2.75) is 79.0 Å². The van der Waals surface area contributed by atoms with Crippen molar-refractivity contribution in [2.24, 2.45) is 17.8 Å². The topological polar surface area (TPSA) is 125 Å². The van der Waals surface area contributed by atoms with Gasteiger partial charge in [0.2, 0.25) is 11.8 Å². The van der Waals surface area contributed by atoms with Gasteiger partial charge in [0, 0.05) is 19.0 Å². The number of aliphatic carboxylic acids is 1. The summed E-state index contributed by atoms with van der Waals surface area (Å²) in [6.45, 7) is 13.2. The number of hydrogen-bond donors (Lipinski definition) is 3. The summed E-state index contributed by atoms with van der Waals surface area (Å²) in [7, 11) is 0. The van der Waals surface area contributed by atoms with Crippen LogP contribution in [0.1, 0.15) is 61.3 Å². The van der Waals surface area contributed by atoms with Crippen molar-refractivity contribution < 1.29 is 29.0 Å². The number of hydrogen-bond acceptors (Lipinski definition) is 5. The van der Waals surface area contributed by atoms with Gasteiger partial charge in [-0.15, -0.1) is 0 Å². The predicted molar refractivity (Wildman–Crippen MR) is 112 cm³/mol. The van der Waals surface area contributed by atoms with Crippen molar-refractivity contribution in [1.82, 2.24) is 15.5 Å². The number of rotatable bonds is 7. The second-order valence-electron chi connectivity index (χ2n) is 9.54. The first-order valence-corrected chi connectivity index (χ1v) is 10.5. The molecule has 0 saturated carbocycles. The lowest BCUT2D eigenvalue weighted by molar-refractivity contribution is -0.144. The molecule has 30 heavy (non-hydrogen) atoms. The molecule has 1 aliphatic rings. The summed E-state index contributed by atoms with van der Waals surface area (Å²) >= 11 is 0. The molecule has 0 unspecified atom stereocenters. The molecular formula is C21H37N3O6. The maximum atomic E-state index is 13.0. The molecule has 1 heterocycles. The highest BCUT2D eigenvalue weighted by atomic mass is 16.6. The largest absolute Gasteiger partial charge is 0.480 e. The number of nitrogens with zero attached hydrogens (tertiary/aromatic N) is 1. The minimum Gasteiger partial charge on any atom is -0.480 e. The van der Waals surface area contributed by atoms with Gasteiger partial charge in [0.1, 0.15) is 17.7 Å². The number of carboxylic acids is 1. The summed E-state index contributed by atoms with van der Waals surface area (Å²) in [5, 5.41) is 14.5. The highest BCUT2D eigenvalue weighted by molar-refractivity contribution is 5.87. The number of piperidine rings is 1. The van der Waals surface area contributed by atoms with Gasteiger partial charge < -0.3 is 25.4 Å². The first kappa shape index (κ1) is 25.7. The maximum Gasteiger partial charge on any atom is 0.408 e. The number of ether oxygens (including phenoxy) is 1. The predicted octanol–water partition coefficient (Wildman–Crippen LogP) is 2.00. The van der Waals surface area contributed by atoms with E-state index in [4.69, 9.17) is 4.74 Å². The van der Waals surface area contributed by atoms with Crippen LogP contribution >= 0.6 is 0 Å². The van der Waals surface area contributed by atoms with Crippen LogP contribution in [0, 0.1) is 17.8 Å². The monoisotopic (exact) mass is 427 g/mol. The number of carbonyl (C=O) groups is 4. The molecule has 1 rings (SSSR count). The Morgan fingerprint density at radius 3 is 1.83 bits per heavy atom. The van der Waals surface area contributed by atoms with Gasteiger partial charge in [-0.05, 0) is 45.4 Å². The molecule has 1 aliphatic heterocycles. The average molecular weight is 428 g/mol. The van der Waals surface area contributed by atoms with E-state index in [2.05, 4.69) is 10.6 Å². The number of amides is 3. The molecule has 2 atom stereocenters. The van der Waals surface area contributed by atoms with Gasteiger partial charge in [-0.25, -0.2) is 9.59 Å². The molecule has 3 N–H and O–H groups in total. The third-order valence-corrected chi connectivity index (χ3v) is 5.01. The van der Waals surface area contributed by atoms with Gasteiger partial charge >= 0.3 is 12.1 Å². The van der Waals surface area contributed by atoms with E-state index in [-0.39, 0.29) is 29.6 Å². The molecule has 0 aromatic rings. The third-order valence-electron chi connectivity index (χ3n) is 5.01. The van der Waals surface area contributed by atoms with Gasteiger partial charge in [-0.1, -0.05) is 27.7 Å². The minimum atomic E-state index is -1.06. The van der Waals surface area contributed by atoms with Crippen LogP contribution in [0.5, 0.6) is 0 Å². The first-order valence-electron chi connectivity index (χ1n) is 10.5. The second kappa shape index (κ2) is 10.6. The summed E-state index contributed by atoms with van der Waals surface area (Å²) in [5.41, 5.74) is -0.663. The zero-order valence-electron chi connectivity index (χ0n) is 19.2. The van der Waals surface area contributed by atoms with Gasteiger partial charge in [0.25, 0.3) is 0 Å². The molecule has 0 aliphatic carbocycles. The summed E-state index contributed by atoms with van der Waals surface area (Å²) < 4.78 is 5.26. The Morgan fingerprint density at radius 1 is 0.933 bits per heavy atom. The molecule has 3 amide bonds. The van der Waals surface area contributed by atoms with E-state index < -0.39 is 29.7 Å². The zero-order valence-corrected chi connectivity index (χ0v) is 19.2. The number of likely N-dealkylation sites (tertiary alicyclic amines) is 1. The second-order valence-corrected chi connectivity index (χ2v) is 9.54. The lowest BCUT2D eigenvalue weighted by Crippen LogP contribution is -2.55. The van der Waals surface area contributed by atoms with Crippen LogP contribution in [0.3, 0.4) is 0 Å². The van der Waals surface area contributed by atoms with E-state index in [1.54, 1.807) is 39.5 Å². The van der Waals surface area contributed by atoms with Crippen molar-refractivity contribution >= 4 is 23.9 Å². The van der Waals surface area contributed by atoms with Gasteiger partial charge in [-0.3, -0.25) is 9.59 Å². The van der Waals surface area contributed by atoms with Crippen molar-refractivity contribution in [3.05, 3.63) is 0 Å². The smallest absolute Gasteiger partial charge is 0.408 e. The lowest BCUT2D eigenvalue weighted by atomic mass is 9.93. The van der Waals surface area contributed by atoms with Crippen molar-refractivity contribution in [1.29, 1.82) is 0 Å².